The van der Waals surface area contributed by atoms with Crippen molar-refractivity contribution < 1.29 is 9.53 Å². The van der Waals surface area contributed by atoms with Crippen molar-refractivity contribution in [1.82, 2.24) is 4.57 Å². The van der Waals surface area contributed by atoms with Crippen molar-refractivity contribution in [3.05, 3.63) is 71.4 Å². The molecular formula is C19H17NO2. The highest BCUT2D eigenvalue weighted by Gasteiger charge is 2.09. The fraction of sp³-hybridized carbons (Fsp3) is 0.105. The van der Waals surface area contributed by atoms with Crippen LogP contribution in [0.3, 0.4) is 0 Å². The number of ether oxygens (including phenoxy) is 1. The molecule has 0 fully saturated rings. The van der Waals surface area contributed by atoms with Crippen LogP contribution in [-0.4, -0.2) is 17.6 Å². The van der Waals surface area contributed by atoms with Gasteiger partial charge in [0.25, 0.3) is 0 Å². The average Bonchev–Trinajstić information content (AvgIpc) is 2.89. The van der Waals surface area contributed by atoms with Crippen molar-refractivity contribution >= 4 is 29.0 Å². The topological polar surface area (TPSA) is 31.2 Å². The monoisotopic (exact) mass is 291 g/mol. The minimum absolute atomic E-state index is 0.321. The van der Waals surface area contributed by atoms with Gasteiger partial charge in [-0.1, -0.05) is 48.6 Å². The van der Waals surface area contributed by atoms with E-state index in [4.69, 9.17) is 4.74 Å². The summed E-state index contributed by atoms with van der Waals surface area (Å²) in [7, 11) is 3.43. The summed E-state index contributed by atoms with van der Waals surface area (Å²) >= 11 is 0. The van der Waals surface area contributed by atoms with Crippen LogP contribution < -0.4 is 0 Å². The Bertz CT molecular complexity index is 859. The van der Waals surface area contributed by atoms with Crippen LogP contribution in [0.25, 0.3) is 23.1 Å². The lowest BCUT2D eigenvalue weighted by Crippen LogP contribution is -2.02. The summed E-state index contributed by atoms with van der Waals surface area (Å²) in [6.07, 6.45) is 6.07. The average molecular weight is 291 g/mol. The molecule has 3 heteroatoms. The number of aromatic nitrogens is 1. The van der Waals surface area contributed by atoms with Gasteiger partial charge in [0.05, 0.1) is 12.7 Å². The summed E-state index contributed by atoms with van der Waals surface area (Å²) in [5, 5.41) is 1.19. The fourth-order valence-electron chi connectivity index (χ4n) is 2.62. The summed E-state index contributed by atoms with van der Waals surface area (Å²) < 4.78 is 6.92. The molecule has 0 atom stereocenters. The lowest BCUT2D eigenvalue weighted by Gasteiger charge is -2.03. The number of methoxy groups -OCH3 is 1. The molecule has 0 unspecified atom stereocenters. The lowest BCUT2D eigenvalue weighted by molar-refractivity contribution is 0.0600. The molecule has 0 saturated carbocycles. The Morgan fingerprint density at radius 2 is 1.68 bits per heavy atom. The molecular weight excluding hydrogens is 274 g/mol. The molecule has 0 bridgehead atoms. The number of fused-ring (bicyclic) bond motifs is 1. The number of benzene rings is 2. The van der Waals surface area contributed by atoms with Gasteiger partial charge < -0.3 is 9.30 Å². The van der Waals surface area contributed by atoms with E-state index in [1.54, 1.807) is 6.07 Å². The largest absolute Gasteiger partial charge is 0.465 e. The Kier molecular flexibility index (Phi) is 3.79. The van der Waals surface area contributed by atoms with E-state index < -0.39 is 0 Å². The van der Waals surface area contributed by atoms with Crippen LogP contribution in [0.2, 0.25) is 0 Å². The highest BCUT2D eigenvalue weighted by molar-refractivity contribution is 5.97. The van der Waals surface area contributed by atoms with E-state index in [9.17, 15) is 4.79 Å². The zero-order chi connectivity index (χ0) is 15.5. The summed E-state index contributed by atoms with van der Waals surface area (Å²) in [5.41, 5.74) is 3.73. The standard InChI is InChI=1S/C19H17NO2/c1-20-13-15(16-8-5-6-10-18(16)20)12-11-14-7-3-4-9-17(14)19(21)22-2/h3-13H,1-2H3. The van der Waals surface area contributed by atoms with E-state index >= 15 is 0 Å². The number of carbonyl (C=O) groups excluding carboxylic acids is 1. The van der Waals surface area contributed by atoms with Crippen LogP contribution in [0.1, 0.15) is 21.5 Å². The van der Waals surface area contributed by atoms with E-state index in [1.165, 1.54) is 18.0 Å². The first-order valence-corrected chi connectivity index (χ1v) is 7.10. The zero-order valence-electron chi connectivity index (χ0n) is 12.6. The van der Waals surface area contributed by atoms with E-state index in [1.807, 2.05) is 49.5 Å². The molecule has 0 amide bonds. The molecule has 0 aliphatic rings. The Morgan fingerprint density at radius 3 is 2.50 bits per heavy atom. The van der Waals surface area contributed by atoms with Crippen LogP contribution in [-0.2, 0) is 11.8 Å². The van der Waals surface area contributed by atoms with Crippen LogP contribution >= 0.6 is 0 Å². The zero-order valence-corrected chi connectivity index (χ0v) is 12.6. The maximum absolute atomic E-state index is 11.8. The Hall–Kier alpha value is -2.81. The first kappa shape index (κ1) is 14.1. The van der Waals surface area contributed by atoms with Gasteiger partial charge in [0.15, 0.2) is 0 Å². The van der Waals surface area contributed by atoms with E-state index in [0.717, 1.165) is 11.1 Å². The second kappa shape index (κ2) is 5.90. The molecule has 0 aliphatic carbocycles. The minimum atomic E-state index is -0.321. The Morgan fingerprint density at radius 1 is 1.00 bits per heavy atom. The molecule has 3 nitrogen and oxygen atoms in total. The number of esters is 1. The smallest absolute Gasteiger partial charge is 0.338 e. The number of carbonyl (C=O) groups is 1. The number of nitrogens with zero attached hydrogens (tertiary/aromatic N) is 1. The van der Waals surface area contributed by atoms with Crippen molar-refractivity contribution in [2.24, 2.45) is 7.05 Å². The van der Waals surface area contributed by atoms with Gasteiger partial charge in [-0.05, 0) is 23.3 Å². The molecule has 0 N–H and O–H groups in total. The van der Waals surface area contributed by atoms with Gasteiger partial charge in [0.2, 0.25) is 0 Å². The predicted octanol–water partition coefficient (Wildman–Crippen LogP) is 4.14. The summed E-state index contributed by atoms with van der Waals surface area (Å²) in [5.74, 6) is -0.321. The van der Waals surface area contributed by atoms with Crippen LogP contribution in [0, 0.1) is 0 Å². The molecule has 3 aromatic rings. The number of rotatable bonds is 3. The third-order valence-electron chi connectivity index (χ3n) is 3.74. The molecule has 0 radical (unpaired) electrons. The molecule has 2 aromatic carbocycles. The molecule has 0 saturated heterocycles. The van der Waals surface area contributed by atoms with E-state index in [-0.39, 0.29) is 5.97 Å². The van der Waals surface area contributed by atoms with Crippen molar-refractivity contribution in [3.63, 3.8) is 0 Å². The lowest BCUT2D eigenvalue weighted by atomic mass is 10.1. The maximum Gasteiger partial charge on any atom is 0.338 e. The molecule has 0 aliphatic heterocycles. The fourth-order valence-corrected chi connectivity index (χ4v) is 2.62. The SMILES string of the molecule is COC(=O)c1ccccc1C=Cc1cn(C)c2ccccc12. The third-order valence-corrected chi connectivity index (χ3v) is 3.74. The number of hydrogen-bond donors (Lipinski definition) is 0. The number of aryl methyl sites for hydroxylation is 1. The van der Waals surface area contributed by atoms with Gasteiger partial charge in [0, 0.05) is 24.1 Å². The molecule has 1 heterocycles. The van der Waals surface area contributed by atoms with Gasteiger partial charge in [-0.2, -0.15) is 0 Å². The molecule has 1 aromatic heterocycles. The van der Waals surface area contributed by atoms with Crippen molar-refractivity contribution in [2.45, 2.75) is 0 Å². The van der Waals surface area contributed by atoms with Gasteiger partial charge in [-0.25, -0.2) is 4.79 Å². The highest BCUT2D eigenvalue weighted by atomic mass is 16.5. The van der Waals surface area contributed by atoms with Gasteiger partial charge in [0.1, 0.15) is 0 Å². The van der Waals surface area contributed by atoms with Gasteiger partial charge in [-0.15, -0.1) is 0 Å². The van der Waals surface area contributed by atoms with Gasteiger partial charge in [-0.3, -0.25) is 0 Å². The second-order valence-corrected chi connectivity index (χ2v) is 5.12. The predicted molar refractivity (Wildman–Crippen MR) is 89.6 cm³/mol. The number of para-hydroxylation sites is 1. The molecule has 3 rings (SSSR count). The van der Waals surface area contributed by atoms with E-state index in [2.05, 4.69) is 22.9 Å². The maximum atomic E-state index is 11.8. The molecule has 110 valence electrons. The third kappa shape index (κ3) is 2.53. The van der Waals surface area contributed by atoms with Crippen molar-refractivity contribution in [1.29, 1.82) is 0 Å². The number of hydrogen-bond acceptors (Lipinski definition) is 2. The van der Waals surface area contributed by atoms with Crippen LogP contribution in [0.4, 0.5) is 0 Å². The highest BCUT2D eigenvalue weighted by Crippen LogP contribution is 2.23. The summed E-state index contributed by atoms with van der Waals surface area (Å²) in [6, 6.07) is 15.7. The van der Waals surface area contributed by atoms with Crippen LogP contribution in [0.5, 0.6) is 0 Å². The normalized spacial score (nSPS) is 11.2. The first-order valence-electron chi connectivity index (χ1n) is 7.10. The Balaban J connectivity index is 2.02. The van der Waals surface area contributed by atoms with Crippen LogP contribution in [0.15, 0.2) is 54.7 Å². The quantitative estimate of drug-likeness (QED) is 0.679. The molecule has 22 heavy (non-hydrogen) atoms. The summed E-state index contributed by atoms with van der Waals surface area (Å²) in [4.78, 5) is 11.8. The van der Waals surface area contributed by atoms with Gasteiger partial charge >= 0.3 is 5.97 Å². The Labute approximate surface area is 129 Å². The van der Waals surface area contributed by atoms with Crippen molar-refractivity contribution in [3.8, 4) is 0 Å². The summed E-state index contributed by atoms with van der Waals surface area (Å²) in [6.45, 7) is 0. The van der Waals surface area contributed by atoms with E-state index in [0.29, 0.717) is 5.56 Å². The molecule has 0 spiro atoms. The second-order valence-electron chi connectivity index (χ2n) is 5.12. The first-order chi connectivity index (χ1) is 10.7. The minimum Gasteiger partial charge on any atom is -0.465 e. The van der Waals surface area contributed by atoms with Crippen molar-refractivity contribution in [2.75, 3.05) is 7.11 Å².